The molecule has 1 aliphatic heterocycles. The summed E-state index contributed by atoms with van der Waals surface area (Å²) in [6.45, 7) is 0.691. The number of benzene rings is 1. The number of carbonyl (C=O) groups excluding carboxylic acids is 2. The highest BCUT2D eigenvalue weighted by Crippen LogP contribution is 2.08. The number of nitrogens with one attached hydrogen (secondary N) is 2. The number of hydrogen-bond acceptors (Lipinski definition) is 3. The maximum absolute atomic E-state index is 11.9. The molecule has 1 fully saturated rings. The molecule has 0 radical (unpaired) electrons. The average Bonchev–Trinajstić information content (AvgIpc) is 2.71. The van der Waals surface area contributed by atoms with E-state index in [1.165, 1.54) is 0 Å². The largest absolute Gasteiger partial charge is 0.354 e. The quantitative estimate of drug-likeness (QED) is 0.874. The molecule has 1 saturated heterocycles. The summed E-state index contributed by atoms with van der Waals surface area (Å²) in [7, 11) is 0. The maximum atomic E-state index is 11.9. The van der Waals surface area contributed by atoms with Gasteiger partial charge in [-0.2, -0.15) is 5.26 Å². The van der Waals surface area contributed by atoms with Crippen molar-refractivity contribution in [2.45, 2.75) is 38.1 Å². The standard InChI is InChI=1S/C16H19N3O2/c17-11-13-6-4-12(5-7-13)8-9-15(20)19-14-3-1-2-10-18-16(14)21/h4-7,14H,1-3,8-10H2,(H,18,21)(H,19,20). The molecule has 2 rings (SSSR count). The molecule has 5 heteroatoms. The minimum absolute atomic E-state index is 0.0841. The highest BCUT2D eigenvalue weighted by atomic mass is 16.2. The lowest BCUT2D eigenvalue weighted by molar-refractivity contribution is -0.128. The minimum Gasteiger partial charge on any atom is -0.354 e. The van der Waals surface area contributed by atoms with Gasteiger partial charge in [-0.3, -0.25) is 9.59 Å². The van der Waals surface area contributed by atoms with Crippen LogP contribution in [-0.2, 0) is 16.0 Å². The molecule has 5 nitrogen and oxygen atoms in total. The van der Waals surface area contributed by atoms with Crippen molar-refractivity contribution in [3.63, 3.8) is 0 Å². The van der Waals surface area contributed by atoms with Gasteiger partial charge in [-0.1, -0.05) is 12.1 Å². The van der Waals surface area contributed by atoms with Crippen LogP contribution in [0.4, 0.5) is 0 Å². The second-order valence-corrected chi connectivity index (χ2v) is 5.22. The summed E-state index contributed by atoms with van der Waals surface area (Å²) in [5.74, 6) is -0.194. The average molecular weight is 285 g/mol. The van der Waals surface area contributed by atoms with Crippen LogP contribution >= 0.6 is 0 Å². The van der Waals surface area contributed by atoms with Gasteiger partial charge in [-0.05, 0) is 43.4 Å². The SMILES string of the molecule is N#Cc1ccc(CCC(=O)NC2CCCCNC2=O)cc1. The predicted octanol–water partition coefficient (Wildman–Crippen LogP) is 1.28. The predicted molar refractivity (Wildman–Crippen MR) is 78.3 cm³/mol. The Kier molecular flexibility index (Phi) is 5.33. The third kappa shape index (κ3) is 4.60. The van der Waals surface area contributed by atoms with Crippen molar-refractivity contribution in [3.8, 4) is 6.07 Å². The first kappa shape index (κ1) is 15.0. The lowest BCUT2D eigenvalue weighted by atomic mass is 10.1. The molecule has 0 aliphatic carbocycles. The van der Waals surface area contributed by atoms with Crippen molar-refractivity contribution >= 4 is 11.8 Å². The second-order valence-electron chi connectivity index (χ2n) is 5.22. The van der Waals surface area contributed by atoms with Crippen LogP contribution in [0, 0.1) is 11.3 Å². The third-order valence-electron chi connectivity index (χ3n) is 3.59. The second kappa shape index (κ2) is 7.44. The highest BCUT2D eigenvalue weighted by Gasteiger charge is 2.21. The summed E-state index contributed by atoms with van der Waals surface area (Å²) in [4.78, 5) is 23.7. The van der Waals surface area contributed by atoms with Gasteiger partial charge < -0.3 is 10.6 Å². The Balaban J connectivity index is 1.81. The van der Waals surface area contributed by atoms with Crippen molar-refractivity contribution in [1.82, 2.24) is 10.6 Å². The molecule has 2 amide bonds. The van der Waals surface area contributed by atoms with Crippen molar-refractivity contribution in [2.24, 2.45) is 0 Å². The molecule has 1 unspecified atom stereocenters. The molecule has 21 heavy (non-hydrogen) atoms. The molecular formula is C16H19N3O2. The van der Waals surface area contributed by atoms with Gasteiger partial charge in [0.05, 0.1) is 11.6 Å². The summed E-state index contributed by atoms with van der Waals surface area (Å²) in [6, 6.07) is 8.85. The maximum Gasteiger partial charge on any atom is 0.242 e. The smallest absolute Gasteiger partial charge is 0.242 e. The molecule has 1 heterocycles. The third-order valence-corrected chi connectivity index (χ3v) is 3.59. The van der Waals surface area contributed by atoms with E-state index >= 15 is 0 Å². The van der Waals surface area contributed by atoms with Gasteiger partial charge in [0.2, 0.25) is 11.8 Å². The normalized spacial score (nSPS) is 18.2. The Morgan fingerprint density at radius 3 is 2.81 bits per heavy atom. The van der Waals surface area contributed by atoms with Gasteiger partial charge in [0.15, 0.2) is 0 Å². The summed E-state index contributed by atoms with van der Waals surface area (Å²) in [5, 5.41) is 14.3. The first-order valence-electron chi connectivity index (χ1n) is 7.25. The van der Waals surface area contributed by atoms with Crippen LogP contribution in [-0.4, -0.2) is 24.4 Å². The molecule has 1 aromatic carbocycles. The van der Waals surface area contributed by atoms with Crippen molar-refractivity contribution in [1.29, 1.82) is 5.26 Å². The number of aryl methyl sites for hydroxylation is 1. The zero-order valence-electron chi connectivity index (χ0n) is 11.9. The van der Waals surface area contributed by atoms with E-state index in [2.05, 4.69) is 16.7 Å². The van der Waals surface area contributed by atoms with E-state index in [-0.39, 0.29) is 11.8 Å². The van der Waals surface area contributed by atoms with Crippen LogP contribution in [0.3, 0.4) is 0 Å². The molecule has 1 aromatic rings. The van der Waals surface area contributed by atoms with E-state index in [9.17, 15) is 9.59 Å². The van der Waals surface area contributed by atoms with Crippen LogP contribution in [0.5, 0.6) is 0 Å². The zero-order chi connectivity index (χ0) is 15.1. The van der Waals surface area contributed by atoms with Crippen LogP contribution in [0.2, 0.25) is 0 Å². The van der Waals surface area contributed by atoms with Gasteiger partial charge in [-0.15, -0.1) is 0 Å². The fourth-order valence-electron chi connectivity index (χ4n) is 2.35. The fraction of sp³-hybridized carbons (Fsp3) is 0.438. The van der Waals surface area contributed by atoms with Gasteiger partial charge in [-0.25, -0.2) is 0 Å². The zero-order valence-corrected chi connectivity index (χ0v) is 11.9. The Bertz CT molecular complexity index is 546. The number of rotatable bonds is 4. The van der Waals surface area contributed by atoms with Crippen LogP contribution in [0.15, 0.2) is 24.3 Å². The molecule has 1 aliphatic rings. The summed E-state index contributed by atoms with van der Waals surface area (Å²) in [6.07, 6.45) is 3.55. The summed E-state index contributed by atoms with van der Waals surface area (Å²) >= 11 is 0. The monoisotopic (exact) mass is 285 g/mol. The van der Waals surface area contributed by atoms with Crippen LogP contribution < -0.4 is 10.6 Å². The first-order chi connectivity index (χ1) is 10.2. The number of amides is 2. The number of nitrogens with zero attached hydrogens (tertiary/aromatic N) is 1. The van der Waals surface area contributed by atoms with Gasteiger partial charge in [0.25, 0.3) is 0 Å². The Labute approximate surface area is 124 Å². The molecule has 0 aromatic heterocycles. The lowest BCUT2D eigenvalue weighted by Gasteiger charge is -2.15. The molecule has 1 atom stereocenters. The van der Waals surface area contributed by atoms with E-state index in [1.54, 1.807) is 12.1 Å². The molecule has 2 N–H and O–H groups in total. The molecule has 0 saturated carbocycles. The molecular weight excluding hydrogens is 266 g/mol. The van der Waals surface area contributed by atoms with Crippen LogP contribution in [0.25, 0.3) is 0 Å². The highest BCUT2D eigenvalue weighted by molar-refractivity contribution is 5.87. The number of hydrogen-bond donors (Lipinski definition) is 2. The van der Waals surface area contributed by atoms with Gasteiger partial charge >= 0.3 is 0 Å². The van der Waals surface area contributed by atoms with E-state index in [0.717, 1.165) is 18.4 Å². The Morgan fingerprint density at radius 2 is 2.10 bits per heavy atom. The lowest BCUT2D eigenvalue weighted by Crippen LogP contribution is -2.45. The van der Waals surface area contributed by atoms with Crippen molar-refractivity contribution in [2.75, 3.05) is 6.54 Å². The first-order valence-corrected chi connectivity index (χ1v) is 7.25. The van der Waals surface area contributed by atoms with E-state index < -0.39 is 6.04 Å². The topological polar surface area (TPSA) is 82.0 Å². The minimum atomic E-state index is -0.402. The van der Waals surface area contributed by atoms with E-state index in [0.29, 0.717) is 31.4 Å². The van der Waals surface area contributed by atoms with Crippen molar-refractivity contribution in [3.05, 3.63) is 35.4 Å². The number of carbonyl (C=O) groups is 2. The molecule has 110 valence electrons. The van der Waals surface area contributed by atoms with Gasteiger partial charge in [0, 0.05) is 13.0 Å². The molecule has 0 spiro atoms. The van der Waals surface area contributed by atoms with Crippen molar-refractivity contribution < 1.29 is 9.59 Å². The Morgan fingerprint density at radius 1 is 1.33 bits per heavy atom. The number of nitriles is 1. The summed E-state index contributed by atoms with van der Waals surface area (Å²) < 4.78 is 0. The fourth-order valence-corrected chi connectivity index (χ4v) is 2.35. The van der Waals surface area contributed by atoms with E-state index in [1.807, 2.05) is 12.1 Å². The van der Waals surface area contributed by atoms with Crippen LogP contribution in [0.1, 0.15) is 36.8 Å². The Hall–Kier alpha value is -2.35. The summed E-state index contributed by atoms with van der Waals surface area (Å²) in [5.41, 5.74) is 1.62. The van der Waals surface area contributed by atoms with Gasteiger partial charge in [0.1, 0.15) is 6.04 Å². The molecule has 0 bridgehead atoms. The van der Waals surface area contributed by atoms with E-state index in [4.69, 9.17) is 5.26 Å².